The first kappa shape index (κ1) is 14.2. The molecule has 0 atom stereocenters. The van der Waals surface area contributed by atoms with Gasteiger partial charge in [0, 0.05) is 18.1 Å². The molecule has 6 heteroatoms. The third-order valence-electron chi connectivity index (χ3n) is 1.81. The highest BCUT2D eigenvalue weighted by Gasteiger charge is 2.10. The molecule has 1 aromatic rings. The molecule has 0 heterocycles. The Morgan fingerprint density at radius 2 is 2.00 bits per heavy atom. The van der Waals surface area contributed by atoms with Crippen LogP contribution in [0.2, 0.25) is 0 Å². The lowest BCUT2D eigenvalue weighted by Crippen LogP contribution is -2.08. The van der Waals surface area contributed by atoms with Gasteiger partial charge in [-0.15, -0.1) is 0 Å². The van der Waals surface area contributed by atoms with Crippen molar-refractivity contribution in [3.8, 4) is 5.75 Å². The monoisotopic (exact) mass is 273 g/mol. The normalized spacial score (nSPS) is 10.2. The first-order chi connectivity index (χ1) is 8.25. The van der Waals surface area contributed by atoms with E-state index in [1.807, 2.05) is 0 Å². The molecule has 0 saturated heterocycles. The van der Waals surface area contributed by atoms with Crippen molar-refractivity contribution in [2.75, 3.05) is 24.7 Å². The molecule has 0 unspecified atom stereocenters. The molecular formula is C11H15NO3S2. The Bertz CT molecular complexity index is 360. The summed E-state index contributed by atoms with van der Waals surface area (Å²) in [6, 6.07) is 6.34. The fraction of sp³-hybridized carbons (Fsp3) is 0.364. The van der Waals surface area contributed by atoms with Crippen LogP contribution in [0.1, 0.15) is 10.4 Å². The first-order valence-electron chi connectivity index (χ1n) is 5.15. The second-order valence-electron chi connectivity index (χ2n) is 3.09. The number of hydrogen-bond donors (Lipinski definition) is 2. The van der Waals surface area contributed by atoms with Crippen molar-refractivity contribution in [1.82, 2.24) is 0 Å². The number of aromatic hydroxyl groups is 1. The number of para-hydroxylation sites is 1. The van der Waals surface area contributed by atoms with Crippen LogP contribution >= 0.6 is 21.6 Å². The second kappa shape index (κ2) is 8.27. The van der Waals surface area contributed by atoms with E-state index >= 15 is 0 Å². The van der Waals surface area contributed by atoms with Gasteiger partial charge in [-0.3, -0.25) is 0 Å². The molecule has 0 fully saturated rings. The Balaban J connectivity index is 2.24. The molecule has 0 aliphatic carbocycles. The molecular weight excluding hydrogens is 258 g/mol. The average molecular weight is 273 g/mol. The van der Waals surface area contributed by atoms with Crippen LogP contribution in [0, 0.1) is 0 Å². The number of esters is 1. The number of phenols is 1. The largest absolute Gasteiger partial charge is 0.507 e. The summed E-state index contributed by atoms with van der Waals surface area (Å²) in [4.78, 5) is 11.5. The molecule has 0 spiro atoms. The quantitative estimate of drug-likeness (QED) is 0.449. The van der Waals surface area contributed by atoms with Crippen molar-refractivity contribution in [1.29, 1.82) is 0 Å². The molecule has 0 aliphatic rings. The summed E-state index contributed by atoms with van der Waals surface area (Å²) in [6.07, 6.45) is 0. The van der Waals surface area contributed by atoms with Gasteiger partial charge in [0.05, 0.1) is 0 Å². The van der Waals surface area contributed by atoms with Gasteiger partial charge in [0.1, 0.15) is 17.9 Å². The molecule has 0 aromatic heterocycles. The third kappa shape index (κ3) is 5.34. The van der Waals surface area contributed by atoms with Gasteiger partial charge >= 0.3 is 5.97 Å². The number of ether oxygens (including phenoxy) is 1. The number of rotatable bonds is 7. The summed E-state index contributed by atoms with van der Waals surface area (Å²) in [6.45, 7) is 0.977. The zero-order chi connectivity index (χ0) is 12.5. The lowest BCUT2D eigenvalue weighted by Gasteiger charge is -2.05. The van der Waals surface area contributed by atoms with Gasteiger partial charge in [0.25, 0.3) is 0 Å². The Morgan fingerprint density at radius 1 is 1.29 bits per heavy atom. The Kier molecular flexibility index (Phi) is 6.91. The predicted molar refractivity (Wildman–Crippen MR) is 72.4 cm³/mol. The lowest BCUT2D eigenvalue weighted by molar-refractivity contribution is 0.0527. The summed E-state index contributed by atoms with van der Waals surface area (Å²) in [5.74, 6) is 1.05. The van der Waals surface area contributed by atoms with Crippen molar-refractivity contribution in [2.45, 2.75) is 0 Å². The van der Waals surface area contributed by atoms with Crippen LogP contribution in [0.5, 0.6) is 5.75 Å². The molecule has 94 valence electrons. The summed E-state index contributed by atoms with van der Waals surface area (Å²) in [5.41, 5.74) is 5.54. The van der Waals surface area contributed by atoms with Gasteiger partial charge in [-0.1, -0.05) is 33.7 Å². The van der Waals surface area contributed by atoms with Crippen molar-refractivity contribution >= 4 is 27.6 Å². The maximum absolute atomic E-state index is 11.5. The van der Waals surface area contributed by atoms with Gasteiger partial charge in [0.15, 0.2) is 0 Å². The predicted octanol–water partition coefficient (Wildman–Crippen LogP) is 1.89. The number of phenolic OH excluding ortho intramolecular Hbond substituents is 1. The van der Waals surface area contributed by atoms with Crippen LogP contribution in [0.15, 0.2) is 24.3 Å². The summed E-state index contributed by atoms with van der Waals surface area (Å²) >= 11 is 0. The number of carbonyl (C=O) groups excluding carboxylic acids is 1. The van der Waals surface area contributed by atoms with E-state index in [2.05, 4.69) is 0 Å². The van der Waals surface area contributed by atoms with Crippen LogP contribution in [0.3, 0.4) is 0 Å². The van der Waals surface area contributed by atoms with Gasteiger partial charge in [-0.25, -0.2) is 4.79 Å². The van der Waals surface area contributed by atoms with Crippen LogP contribution in [0.25, 0.3) is 0 Å². The van der Waals surface area contributed by atoms with Crippen molar-refractivity contribution in [3.05, 3.63) is 29.8 Å². The molecule has 0 bridgehead atoms. The zero-order valence-corrected chi connectivity index (χ0v) is 10.9. The van der Waals surface area contributed by atoms with E-state index in [0.29, 0.717) is 18.9 Å². The van der Waals surface area contributed by atoms with E-state index in [1.54, 1.807) is 33.7 Å². The minimum atomic E-state index is -0.493. The molecule has 4 nitrogen and oxygen atoms in total. The topological polar surface area (TPSA) is 72.5 Å². The number of nitrogens with two attached hydrogens (primary N) is 1. The average Bonchev–Trinajstić information content (AvgIpc) is 2.34. The maximum Gasteiger partial charge on any atom is 0.341 e. The van der Waals surface area contributed by atoms with Crippen molar-refractivity contribution in [2.24, 2.45) is 5.73 Å². The molecule has 1 aromatic carbocycles. The van der Waals surface area contributed by atoms with Crippen LogP contribution in [-0.4, -0.2) is 35.7 Å². The summed E-state index contributed by atoms with van der Waals surface area (Å²) < 4.78 is 5.02. The van der Waals surface area contributed by atoms with Gasteiger partial charge in [0.2, 0.25) is 0 Å². The number of hydrogen-bond acceptors (Lipinski definition) is 6. The van der Waals surface area contributed by atoms with Crippen molar-refractivity contribution in [3.63, 3.8) is 0 Å². The summed E-state index contributed by atoms with van der Waals surface area (Å²) in [5, 5.41) is 9.43. The molecule has 0 radical (unpaired) electrons. The third-order valence-corrected chi connectivity index (χ3v) is 4.21. The highest BCUT2D eigenvalue weighted by molar-refractivity contribution is 8.76. The van der Waals surface area contributed by atoms with E-state index in [1.165, 1.54) is 12.1 Å². The highest BCUT2D eigenvalue weighted by atomic mass is 33.1. The molecule has 0 aliphatic heterocycles. The fourth-order valence-corrected chi connectivity index (χ4v) is 2.74. The van der Waals surface area contributed by atoms with Crippen LogP contribution in [-0.2, 0) is 4.74 Å². The summed E-state index contributed by atoms with van der Waals surface area (Å²) in [7, 11) is 3.27. The second-order valence-corrected chi connectivity index (χ2v) is 5.79. The van der Waals surface area contributed by atoms with Gasteiger partial charge < -0.3 is 15.6 Å². The van der Waals surface area contributed by atoms with E-state index < -0.39 is 5.97 Å². The number of benzene rings is 1. The lowest BCUT2D eigenvalue weighted by atomic mass is 10.2. The molecule has 1 rings (SSSR count). The minimum Gasteiger partial charge on any atom is -0.507 e. The Hall–Kier alpha value is -0.850. The van der Waals surface area contributed by atoms with Gasteiger partial charge in [-0.2, -0.15) is 0 Å². The molecule has 17 heavy (non-hydrogen) atoms. The first-order valence-corrected chi connectivity index (χ1v) is 7.64. The van der Waals surface area contributed by atoms with E-state index in [9.17, 15) is 9.90 Å². The SMILES string of the molecule is NCCSSCCOC(=O)c1ccccc1O. The van der Waals surface area contributed by atoms with E-state index in [-0.39, 0.29) is 11.3 Å². The van der Waals surface area contributed by atoms with Crippen LogP contribution < -0.4 is 5.73 Å². The highest BCUT2D eigenvalue weighted by Crippen LogP contribution is 2.20. The van der Waals surface area contributed by atoms with Crippen molar-refractivity contribution < 1.29 is 14.6 Å². The van der Waals surface area contributed by atoms with Crippen LogP contribution in [0.4, 0.5) is 0 Å². The Labute approximate surface area is 108 Å². The standard InChI is InChI=1S/C11H15NO3S2/c12-5-7-16-17-8-6-15-11(14)9-3-1-2-4-10(9)13/h1-4,13H,5-8,12H2. The fourth-order valence-electron chi connectivity index (χ4n) is 1.06. The maximum atomic E-state index is 11.5. The number of carbonyl (C=O) groups is 1. The molecule has 0 amide bonds. The molecule has 3 N–H and O–H groups in total. The van der Waals surface area contributed by atoms with E-state index in [4.69, 9.17) is 10.5 Å². The van der Waals surface area contributed by atoms with Gasteiger partial charge in [-0.05, 0) is 12.1 Å². The zero-order valence-electron chi connectivity index (χ0n) is 9.30. The minimum absolute atomic E-state index is 0.0531. The Morgan fingerprint density at radius 3 is 2.71 bits per heavy atom. The smallest absolute Gasteiger partial charge is 0.341 e. The molecule has 0 saturated carbocycles. The van der Waals surface area contributed by atoms with E-state index in [0.717, 1.165) is 5.75 Å².